The molecule has 0 aliphatic carbocycles. The van der Waals surface area contributed by atoms with E-state index < -0.39 is 0 Å². The summed E-state index contributed by atoms with van der Waals surface area (Å²) in [5.74, 6) is 0. The van der Waals surface area contributed by atoms with Gasteiger partial charge in [0.1, 0.15) is 0 Å². The van der Waals surface area contributed by atoms with Gasteiger partial charge in [0.05, 0.1) is 6.61 Å². The topological polar surface area (TPSA) is 17.4 Å². The van der Waals surface area contributed by atoms with Gasteiger partial charge in [-0.3, -0.25) is 4.90 Å². The van der Waals surface area contributed by atoms with Gasteiger partial charge in [0.15, 0.2) is 0 Å². The molecule has 1 fully saturated rings. The zero-order valence-corrected chi connectivity index (χ0v) is 13.3. The van der Waals surface area contributed by atoms with Gasteiger partial charge in [0.2, 0.25) is 0 Å². The first kappa shape index (κ1) is 14.6. The summed E-state index contributed by atoms with van der Waals surface area (Å²) in [7, 11) is 3.97. The highest BCUT2D eigenvalue weighted by Crippen LogP contribution is 2.28. The lowest BCUT2D eigenvalue weighted by Crippen LogP contribution is -2.29. The third-order valence-electron chi connectivity index (χ3n) is 4.72. The second-order valence-corrected chi connectivity index (χ2v) is 6.08. The van der Waals surface area contributed by atoms with E-state index in [0.717, 1.165) is 19.6 Å². The molecule has 0 amide bonds. The fourth-order valence-corrected chi connectivity index (χ4v) is 3.56. The molecule has 1 aliphatic rings. The van der Waals surface area contributed by atoms with Gasteiger partial charge < -0.3 is 9.30 Å². The maximum Gasteiger partial charge on any atom is 0.0517 e. The van der Waals surface area contributed by atoms with Crippen molar-refractivity contribution >= 4 is 10.9 Å². The van der Waals surface area contributed by atoms with Crippen LogP contribution in [0, 0.1) is 0 Å². The molecule has 1 saturated heterocycles. The number of para-hydroxylation sites is 1. The molecule has 2 heterocycles. The van der Waals surface area contributed by atoms with Crippen LogP contribution in [-0.4, -0.2) is 36.3 Å². The number of rotatable bonds is 5. The number of benzene rings is 1. The van der Waals surface area contributed by atoms with E-state index in [1.165, 1.54) is 54.5 Å². The minimum atomic E-state index is 0.789. The maximum atomic E-state index is 5.31. The Labute approximate surface area is 127 Å². The van der Waals surface area contributed by atoms with Gasteiger partial charge in [-0.15, -0.1) is 0 Å². The van der Waals surface area contributed by atoms with Gasteiger partial charge in [-0.1, -0.05) is 24.6 Å². The average molecular weight is 286 g/mol. The van der Waals surface area contributed by atoms with Gasteiger partial charge in [0.25, 0.3) is 0 Å². The summed E-state index contributed by atoms with van der Waals surface area (Å²) in [5.41, 5.74) is 4.28. The molecule has 114 valence electrons. The Kier molecular flexibility index (Phi) is 4.61. The van der Waals surface area contributed by atoms with Crippen molar-refractivity contribution in [2.45, 2.75) is 32.2 Å². The van der Waals surface area contributed by atoms with Crippen molar-refractivity contribution in [2.24, 2.45) is 7.05 Å². The van der Waals surface area contributed by atoms with Crippen molar-refractivity contribution in [3.8, 4) is 0 Å². The molecular formula is C18H26N2O. The summed E-state index contributed by atoms with van der Waals surface area (Å²) < 4.78 is 7.67. The average Bonchev–Trinajstić information content (AvgIpc) is 2.79. The van der Waals surface area contributed by atoms with Crippen LogP contribution in [0.4, 0.5) is 0 Å². The molecule has 0 atom stereocenters. The quantitative estimate of drug-likeness (QED) is 0.838. The third-order valence-corrected chi connectivity index (χ3v) is 4.72. The zero-order chi connectivity index (χ0) is 14.7. The number of aryl methyl sites for hydroxylation is 1. The molecule has 3 heteroatoms. The lowest BCUT2D eigenvalue weighted by atomic mass is 10.1. The van der Waals surface area contributed by atoms with E-state index in [-0.39, 0.29) is 0 Å². The van der Waals surface area contributed by atoms with E-state index in [0.29, 0.717) is 0 Å². The van der Waals surface area contributed by atoms with E-state index in [9.17, 15) is 0 Å². The summed E-state index contributed by atoms with van der Waals surface area (Å²) in [5, 5.41) is 1.41. The number of likely N-dealkylation sites (tertiary alicyclic amines) is 1. The van der Waals surface area contributed by atoms with Crippen molar-refractivity contribution in [3.05, 3.63) is 35.5 Å². The molecule has 21 heavy (non-hydrogen) atoms. The minimum Gasteiger partial charge on any atom is -0.384 e. The van der Waals surface area contributed by atoms with Crippen molar-refractivity contribution in [1.29, 1.82) is 0 Å². The predicted molar refractivity (Wildman–Crippen MR) is 87.6 cm³/mol. The van der Waals surface area contributed by atoms with Crippen LogP contribution in [-0.2, 0) is 24.8 Å². The van der Waals surface area contributed by atoms with E-state index in [1.54, 1.807) is 7.11 Å². The second kappa shape index (κ2) is 6.63. The summed E-state index contributed by atoms with van der Waals surface area (Å²) >= 11 is 0. The Bertz CT molecular complexity index is 597. The number of methoxy groups -OCH3 is 1. The van der Waals surface area contributed by atoms with Crippen LogP contribution < -0.4 is 0 Å². The molecule has 0 bridgehead atoms. The molecule has 0 unspecified atom stereocenters. The Morgan fingerprint density at radius 2 is 1.86 bits per heavy atom. The van der Waals surface area contributed by atoms with E-state index >= 15 is 0 Å². The SMILES string of the molecule is COCCc1c(CN2CCCCC2)c2ccccc2n1C. The van der Waals surface area contributed by atoms with Crippen molar-refractivity contribution in [3.63, 3.8) is 0 Å². The van der Waals surface area contributed by atoms with E-state index in [1.807, 2.05) is 0 Å². The van der Waals surface area contributed by atoms with Crippen LogP contribution in [0.3, 0.4) is 0 Å². The molecule has 1 aliphatic heterocycles. The normalized spacial score (nSPS) is 16.7. The number of aromatic nitrogens is 1. The highest BCUT2D eigenvalue weighted by molar-refractivity contribution is 5.85. The second-order valence-electron chi connectivity index (χ2n) is 6.08. The lowest BCUT2D eigenvalue weighted by molar-refractivity contribution is 0.198. The van der Waals surface area contributed by atoms with Gasteiger partial charge >= 0.3 is 0 Å². The zero-order valence-electron chi connectivity index (χ0n) is 13.3. The smallest absolute Gasteiger partial charge is 0.0517 e. The van der Waals surface area contributed by atoms with Crippen LogP contribution in [0.5, 0.6) is 0 Å². The highest BCUT2D eigenvalue weighted by Gasteiger charge is 2.18. The first-order chi connectivity index (χ1) is 10.3. The minimum absolute atomic E-state index is 0.789. The highest BCUT2D eigenvalue weighted by atomic mass is 16.5. The Hall–Kier alpha value is -1.32. The van der Waals surface area contributed by atoms with Gasteiger partial charge in [-0.2, -0.15) is 0 Å². The van der Waals surface area contributed by atoms with Gasteiger partial charge in [-0.25, -0.2) is 0 Å². The monoisotopic (exact) mass is 286 g/mol. The fraction of sp³-hybridized carbons (Fsp3) is 0.556. The first-order valence-corrected chi connectivity index (χ1v) is 8.07. The number of nitrogens with zero attached hydrogens (tertiary/aromatic N) is 2. The van der Waals surface area contributed by atoms with E-state index in [4.69, 9.17) is 4.74 Å². The van der Waals surface area contributed by atoms with E-state index in [2.05, 4.69) is 40.8 Å². The number of piperidine rings is 1. The fourth-order valence-electron chi connectivity index (χ4n) is 3.56. The van der Waals surface area contributed by atoms with Crippen LogP contribution in [0.15, 0.2) is 24.3 Å². The molecule has 0 radical (unpaired) electrons. The number of hydrogen-bond donors (Lipinski definition) is 0. The molecule has 0 saturated carbocycles. The third kappa shape index (κ3) is 2.99. The van der Waals surface area contributed by atoms with Gasteiger partial charge in [0, 0.05) is 43.7 Å². The van der Waals surface area contributed by atoms with Crippen molar-refractivity contribution in [1.82, 2.24) is 9.47 Å². The summed E-state index contributed by atoms with van der Waals surface area (Å²) in [6.07, 6.45) is 5.07. The molecule has 3 nitrogen and oxygen atoms in total. The summed E-state index contributed by atoms with van der Waals surface area (Å²) in [6.45, 7) is 4.36. The van der Waals surface area contributed by atoms with Crippen LogP contribution in [0.1, 0.15) is 30.5 Å². The molecule has 1 aromatic heterocycles. The van der Waals surface area contributed by atoms with Crippen LogP contribution in [0.2, 0.25) is 0 Å². The Morgan fingerprint density at radius 3 is 2.62 bits per heavy atom. The summed E-state index contributed by atoms with van der Waals surface area (Å²) in [6, 6.07) is 8.78. The number of hydrogen-bond acceptors (Lipinski definition) is 2. The number of fused-ring (bicyclic) bond motifs is 1. The predicted octanol–water partition coefficient (Wildman–Crippen LogP) is 3.35. The summed E-state index contributed by atoms with van der Waals surface area (Å²) in [4.78, 5) is 2.61. The first-order valence-electron chi connectivity index (χ1n) is 8.07. The molecule has 2 aromatic rings. The van der Waals surface area contributed by atoms with Crippen LogP contribution >= 0.6 is 0 Å². The number of ether oxygens (including phenoxy) is 1. The Morgan fingerprint density at radius 1 is 1.10 bits per heavy atom. The van der Waals surface area contributed by atoms with Gasteiger partial charge in [-0.05, 0) is 37.6 Å². The molecule has 1 aromatic carbocycles. The Balaban J connectivity index is 1.96. The molecule has 3 rings (SSSR count). The molecular weight excluding hydrogens is 260 g/mol. The molecule has 0 N–H and O–H groups in total. The standard InChI is InChI=1S/C18H26N2O/c1-19-17-9-5-4-8-15(17)16(18(19)10-13-21-2)14-20-11-6-3-7-12-20/h4-5,8-9H,3,6-7,10-14H2,1-2H3. The van der Waals surface area contributed by atoms with Crippen molar-refractivity contribution < 1.29 is 4.74 Å². The van der Waals surface area contributed by atoms with Crippen molar-refractivity contribution in [2.75, 3.05) is 26.8 Å². The van der Waals surface area contributed by atoms with Crippen LogP contribution in [0.25, 0.3) is 10.9 Å². The molecule has 0 spiro atoms. The lowest BCUT2D eigenvalue weighted by Gasteiger charge is -2.26. The maximum absolute atomic E-state index is 5.31. The largest absolute Gasteiger partial charge is 0.384 e.